The van der Waals surface area contributed by atoms with Gasteiger partial charge in [-0.25, -0.2) is 0 Å². The fraction of sp³-hybridized carbons (Fsp3) is 0.350. The van der Waals surface area contributed by atoms with Gasteiger partial charge in [0.05, 0.1) is 19.3 Å². The summed E-state index contributed by atoms with van der Waals surface area (Å²) in [6, 6.07) is 16.7. The summed E-state index contributed by atoms with van der Waals surface area (Å²) in [5.41, 5.74) is 5.11. The van der Waals surface area contributed by atoms with Gasteiger partial charge in [0, 0.05) is 25.2 Å². The highest BCUT2D eigenvalue weighted by molar-refractivity contribution is 5.82. The number of carbonyl (C=O) groups excluding carboxylic acids is 1. The van der Waals surface area contributed by atoms with Crippen LogP contribution in [0.3, 0.4) is 0 Å². The lowest BCUT2D eigenvalue weighted by Crippen LogP contribution is -2.41. The lowest BCUT2D eigenvalue weighted by molar-refractivity contribution is -0.120. The molecule has 2 aliphatic heterocycles. The summed E-state index contributed by atoms with van der Waals surface area (Å²) in [4.78, 5) is 14.4. The first kappa shape index (κ1) is 15.2. The Morgan fingerprint density at radius 1 is 1.08 bits per heavy atom. The van der Waals surface area contributed by atoms with Crippen molar-refractivity contribution in [2.45, 2.75) is 25.6 Å². The van der Waals surface area contributed by atoms with E-state index >= 15 is 0 Å². The molecule has 4 nitrogen and oxygen atoms in total. The fourth-order valence-electron chi connectivity index (χ4n) is 3.57. The van der Waals surface area contributed by atoms with E-state index in [0.29, 0.717) is 19.7 Å². The van der Waals surface area contributed by atoms with Crippen molar-refractivity contribution in [2.75, 3.05) is 24.5 Å². The Hall–Kier alpha value is -2.33. The van der Waals surface area contributed by atoms with Gasteiger partial charge in [0.25, 0.3) is 0 Å². The zero-order valence-corrected chi connectivity index (χ0v) is 13.7. The van der Waals surface area contributed by atoms with Crippen molar-refractivity contribution in [3.05, 3.63) is 65.2 Å². The summed E-state index contributed by atoms with van der Waals surface area (Å²) in [5.74, 6) is 0.0640. The van der Waals surface area contributed by atoms with Crippen molar-refractivity contribution in [1.82, 2.24) is 5.32 Å². The zero-order chi connectivity index (χ0) is 16.4. The van der Waals surface area contributed by atoms with Crippen LogP contribution in [0.1, 0.15) is 16.7 Å². The van der Waals surface area contributed by atoms with E-state index in [9.17, 15) is 4.79 Å². The van der Waals surface area contributed by atoms with Gasteiger partial charge in [0.2, 0.25) is 5.91 Å². The smallest absolute Gasteiger partial charge is 0.239 e. The summed E-state index contributed by atoms with van der Waals surface area (Å²) in [6.45, 7) is 2.54. The van der Waals surface area contributed by atoms with Crippen molar-refractivity contribution in [3.63, 3.8) is 0 Å². The fourth-order valence-corrected chi connectivity index (χ4v) is 3.57. The van der Waals surface area contributed by atoms with E-state index in [1.165, 1.54) is 22.4 Å². The van der Waals surface area contributed by atoms with E-state index < -0.39 is 0 Å². The minimum absolute atomic E-state index is 0.0640. The average molecular weight is 322 g/mol. The second-order valence-corrected chi connectivity index (χ2v) is 6.51. The number of anilines is 1. The average Bonchev–Trinajstić information content (AvgIpc) is 3.03. The van der Waals surface area contributed by atoms with E-state index in [2.05, 4.69) is 46.6 Å². The van der Waals surface area contributed by atoms with Crippen LogP contribution in [0.2, 0.25) is 0 Å². The SMILES string of the molecule is O=C(CN1CCc2ccccc21)NC[C@@H]1Cc2ccccc2CO1. The molecule has 1 amide bonds. The molecule has 0 unspecified atom stereocenters. The molecule has 0 spiro atoms. The molecule has 0 radical (unpaired) electrons. The lowest BCUT2D eigenvalue weighted by Gasteiger charge is -2.26. The second kappa shape index (κ2) is 6.65. The van der Waals surface area contributed by atoms with Gasteiger partial charge in [-0.15, -0.1) is 0 Å². The van der Waals surface area contributed by atoms with Gasteiger partial charge < -0.3 is 15.0 Å². The molecule has 2 aromatic rings. The van der Waals surface area contributed by atoms with Crippen LogP contribution in [0.25, 0.3) is 0 Å². The van der Waals surface area contributed by atoms with Crippen LogP contribution < -0.4 is 10.2 Å². The van der Waals surface area contributed by atoms with Gasteiger partial charge in [-0.1, -0.05) is 42.5 Å². The summed E-state index contributed by atoms with van der Waals surface area (Å²) < 4.78 is 5.85. The van der Waals surface area contributed by atoms with Crippen LogP contribution in [0.4, 0.5) is 5.69 Å². The Morgan fingerprint density at radius 2 is 1.83 bits per heavy atom. The summed E-state index contributed by atoms with van der Waals surface area (Å²) >= 11 is 0. The van der Waals surface area contributed by atoms with E-state index in [4.69, 9.17) is 4.74 Å². The highest BCUT2D eigenvalue weighted by Crippen LogP contribution is 2.26. The van der Waals surface area contributed by atoms with Crippen LogP contribution in [-0.4, -0.2) is 31.6 Å². The number of hydrogen-bond donors (Lipinski definition) is 1. The molecule has 4 rings (SSSR count). The first-order chi connectivity index (χ1) is 11.8. The lowest BCUT2D eigenvalue weighted by atomic mass is 9.99. The maximum absolute atomic E-state index is 12.3. The van der Waals surface area contributed by atoms with Crippen molar-refractivity contribution >= 4 is 11.6 Å². The molecule has 0 saturated heterocycles. The van der Waals surface area contributed by atoms with Crippen LogP contribution in [0.5, 0.6) is 0 Å². The van der Waals surface area contributed by atoms with E-state index in [-0.39, 0.29) is 12.0 Å². The molecule has 0 aromatic heterocycles. The third kappa shape index (κ3) is 3.15. The molecule has 124 valence electrons. The quantitative estimate of drug-likeness (QED) is 0.939. The number of nitrogens with one attached hydrogen (secondary N) is 1. The van der Waals surface area contributed by atoms with Crippen molar-refractivity contribution < 1.29 is 9.53 Å². The number of carbonyl (C=O) groups is 1. The standard InChI is InChI=1S/C20H22N2O2/c23-20(13-22-10-9-15-5-3-4-8-19(15)22)21-12-18-11-16-6-1-2-7-17(16)14-24-18/h1-8,18H,9-14H2,(H,21,23)/t18-/m0/s1. The molecule has 1 N–H and O–H groups in total. The molecule has 24 heavy (non-hydrogen) atoms. The number of hydrogen-bond acceptors (Lipinski definition) is 3. The van der Waals surface area contributed by atoms with Crippen molar-refractivity contribution in [3.8, 4) is 0 Å². The summed E-state index contributed by atoms with van der Waals surface area (Å²) in [6.07, 6.45) is 1.95. The number of ether oxygens (including phenoxy) is 1. The summed E-state index contributed by atoms with van der Waals surface area (Å²) in [5, 5.41) is 3.04. The first-order valence-electron chi connectivity index (χ1n) is 8.57. The third-order valence-electron chi connectivity index (χ3n) is 4.89. The molecule has 2 heterocycles. The van der Waals surface area contributed by atoms with Crippen molar-refractivity contribution in [1.29, 1.82) is 0 Å². The number of amides is 1. The predicted octanol–water partition coefficient (Wildman–Crippen LogP) is 2.31. The van der Waals surface area contributed by atoms with Gasteiger partial charge in [-0.05, 0) is 29.2 Å². The van der Waals surface area contributed by atoms with Gasteiger partial charge in [-0.3, -0.25) is 4.79 Å². The Kier molecular flexibility index (Phi) is 4.22. The third-order valence-corrected chi connectivity index (χ3v) is 4.89. The monoisotopic (exact) mass is 322 g/mol. The molecule has 2 aromatic carbocycles. The Labute approximate surface area is 142 Å². The molecule has 0 saturated carbocycles. The molecule has 0 bridgehead atoms. The van der Waals surface area contributed by atoms with Gasteiger partial charge in [-0.2, -0.15) is 0 Å². The molecular formula is C20H22N2O2. The number of para-hydroxylation sites is 1. The second-order valence-electron chi connectivity index (χ2n) is 6.51. The maximum Gasteiger partial charge on any atom is 0.239 e. The number of fused-ring (bicyclic) bond motifs is 2. The minimum Gasteiger partial charge on any atom is -0.371 e. The van der Waals surface area contributed by atoms with Gasteiger partial charge in [0.1, 0.15) is 0 Å². The van der Waals surface area contributed by atoms with E-state index in [1.54, 1.807) is 0 Å². The van der Waals surface area contributed by atoms with Crippen LogP contribution in [-0.2, 0) is 29.0 Å². The van der Waals surface area contributed by atoms with Gasteiger partial charge in [0.15, 0.2) is 0 Å². The Balaban J connectivity index is 1.29. The maximum atomic E-state index is 12.3. The molecular weight excluding hydrogens is 300 g/mol. The largest absolute Gasteiger partial charge is 0.371 e. The van der Waals surface area contributed by atoms with E-state index in [0.717, 1.165) is 19.4 Å². The van der Waals surface area contributed by atoms with Crippen molar-refractivity contribution in [2.24, 2.45) is 0 Å². The predicted molar refractivity (Wildman–Crippen MR) is 94.1 cm³/mol. The molecule has 1 atom stereocenters. The molecule has 4 heteroatoms. The highest BCUT2D eigenvalue weighted by atomic mass is 16.5. The Bertz CT molecular complexity index is 744. The topological polar surface area (TPSA) is 41.6 Å². The molecule has 2 aliphatic rings. The number of nitrogens with zero attached hydrogens (tertiary/aromatic N) is 1. The number of rotatable bonds is 4. The molecule has 0 fully saturated rings. The normalized spacial score (nSPS) is 18.8. The van der Waals surface area contributed by atoms with Gasteiger partial charge >= 0.3 is 0 Å². The van der Waals surface area contributed by atoms with Crippen LogP contribution in [0.15, 0.2) is 48.5 Å². The summed E-state index contributed by atoms with van der Waals surface area (Å²) in [7, 11) is 0. The zero-order valence-electron chi connectivity index (χ0n) is 13.7. The van der Waals surface area contributed by atoms with Crippen LogP contribution >= 0.6 is 0 Å². The Morgan fingerprint density at radius 3 is 2.71 bits per heavy atom. The highest BCUT2D eigenvalue weighted by Gasteiger charge is 2.22. The molecule has 0 aliphatic carbocycles. The number of benzene rings is 2. The van der Waals surface area contributed by atoms with E-state index in [1.807, 2.05) is 12.1 Å². The minimum atomic E-state index is 0.0640. The first-order valence-corrected chi connectivity index (χ1v) is 8.57. The van der Waals surface area contributed by atoms with Crippen LogP contribution in [0, 0.1) is 0 Å².